The van der Waals surface area contributed by atoms with Crippen molar-refractivity contribution >= 4 is 23.4 Å². The van der Waals surface area contributed by atoms with Crippen LogP contribution in [-0.2, 0) is 0 Å². The van der Waals surface area contributed by atoms with Crippen LogP contribution in [0.1, 0.15) is 5.56 Å². The van der Waals surface area contributed by atoms with E-state index in [1.807, 2.05) is 24.3 Å². The molecule has 2 aromatic carbocycles. The number of nitrogens with zero attached hydrogens (tertiary/aromatic N) is 1. The number of hydrogen-bond acceptors (Lipinski definition) is 4. The van der Waals surface area contributed by atoms with Crippen molar-refractivity contribution in [3.8, 4) is 17.6 Å². The molecule has 0 amide bonds. The fourth-order valence-corrected chi connectivity index (χ4v) is 3.01. The lowest BCUT2D eigenvalue weighted by Gasteiger charge is -2.18. The molecule has 0 radical (unpaired) electrons. The Morgan fingerprint density at radius 2 is 1.85 bits per heavy atom. The first-order valence-electron chi connectivity index (χ1n) is 6.03. The third-order valence-corrected chi connectivity index (χ3v) is 4.29. The van der Waals surface area contributed by atoms with Gasteiger partial charge in [-0.25, -0.2) is 0 Å². The molecule has 20 heavy (non-hydrogen) atoms. The van der Waals surface area contributed by atoms with E-state index < -0.39 is 0 Å². The average Bonchev–Trinajstić information content (AvgIpc) is 2.49. The van der Waals surface area contributed by atoms with Gasteiger partial charge in [0.1, 0.15) is 13.2 Å². The van der Waals surface area contributed by atoms with Gasteiger partial charge in [0.2, 0.25) is 0 Å². The Labute approximate surface area is 126 Å². The molecule has 2 aromatic rings. The zero-order valence-corrected chi connectivity index (χ0v) is 12.0. The van der Waals surface area contributed by atoms with E-state index in [-0.39, 0.29) is 0 Å². The van der Waals surface area contributed by atoms with Crippen LogP contribution >= 0.6 is 23.4 Å². The Hall–Kier alpha value is -1.83. The zero-order valence-electron chi connectivity index (χ0n) is 10.4. The lowest BCUT2D eigenvalue weighted by molar-refractivity contribution is 0.171. The third kappa shape index (κ3) is 2.69. The predicted molar refractivity (Wildman–Crippen MR) is 77.7 cm³/mol. The van der Waals surface area contributed by atoms with Crippen molar-refractivity contribution < 1.29 is 9.47 Å². The highest BCUT2D eigenvalue weighted by molar-refractivity contribution is 7.99. The van der Waals surface area contributed by atoms with E-state index in [0.29, 0.717) is 23.8 Å². The Morgan fingerprint density at radius 1 is 1.05 bits per heavy atom. The fourth-order valence-electron chi connectivity index (χ4n) is 1.87. The second kappa shape index (κ2) is 5.66. The Morgan fingerprint density at radius 3 is 2.60 bits per heavy atom. The second-order valence-electron chi connectivity index (χ2n) is 4.16. The summed E-state index contributed by atoms with van der Waals surface area (Å²) in [7, 11) is 0. The summed E-state index contributed by atoms with van der Waals surface area (Å²) in [6.07, 6.45) is 0. The second-order valence-corrected chi connectivity index (χ2v) is 5.69. The van der Waals surface area contributed by atoms with E-state index in [0.717, 1.165) is 21.3 Å². The van der Waals surface area contributed by atoms with Crippen molar-refractivity contribution in [2.45, 2.75) is 9.79 Å². The Bertz CT molecular complexity index is 697. The number of benzene rings is 2. The maximum Gasteiger partial charge on any atom is 0.162 e. The quantitative estimate of drug-likeness (QED) is 0.836. The molecule has 0 N–H and O–H groups in total. The van der Waals surface area contributed by atoms with Gasteiger partial charge in [0.05, 0.1) is 16.7 Å². The number of hydrogen-bond donors (Lipinski definition) is 0. The minimum atomic E-state index is 0.557. The van der Waals surface area contributed by atoms with E-state index in [4.69, 9.17) is 26.3 Å². The van der Waals surface area contributed by atoms with E-state index in [9.17, 15) is 0 Å². The summed E-state index contributed by atoms with van der Waals surface area (Å²) < 4.78 is 11.0. The minimum Gasteiger partial charge on any atom is -0.486 e. The fraction of sp³-hybridized carbons (Fsp3) is 0.133. The van der Waals surface area contributed by atoms with Crippen molar-refractivity contribution in [1.82, 2.24) is 0 Å². The van der Waals surface area contributed by atoms with Crippen LogP contribution in [0.4, 0.5) is 0 Å². The molecule has 0 saturated heterocycles. The van der Waals surface area contributed by atoms with Crippen LogP contribution in [0.25, 0.3) is 0 Å². The van der Waals surface area contributed by atoms with Gasteiger partial charge in [-0.15, -0.1) is 0 Å². The molecule has 0 bridgehead atoms. The zero-order chi connectivity index (χ0) is 13.9. The minimum absolute atomic E-state index is 0.557. The molecule has 1 aliphatic rings. The van der Waals surface area contributed by atoms with Gasteiger partial charge in [-0.1, -0.05) is 23.4 Å². The first kappa shape index (κ1) is 13.2. The molecule has 1 aliphatic heterocycles. The van der Waals surface area contributed by atoms with Crippen LogP contribution < -0.4 is 9.47 Å². The molecule has 0 unspecified atom stereocenters. The molecule has 100 valence electrons. The number of ether oxygens (including phenoxy) is 2. The molecule has 0 fully saturated rings. The van der Waals surface area contributed by atoms with Crippen LogP contribution in [-0.4, -0.2) is 13.2 Å². The maximum atomic E-state index is 8.83. The van der Waals surface area contributed by atoms with Gasteiger partial charge in [-0.2, -0.15) is 5.26 Å². The van der Waals surface area contributed by atoms with Crippen molar-refractivity contribution in [1.29, 1.82) is 5.26 Å². The Kier molecular flexibility index (Phi) is 3.72. The summed E-state index contributed by atoms with van der Waals surface area (Å²) in [4.78, 5) is 1.92. The normalized spacial score (nSPS) is 12.8. The van der Waals surface area contributed by atoms with Gasteiger partial charge < -0.3 is 9.47 Å². The van der Waals surface area contributed by atoms with Gasteiger partial charge in [0, 0.05) is 9.79 Å². The monoisotopic (exact) mass is 303 g/mol. The molecule has 1 heterocycles. The summed E-state index contributed by atoms with van der Waals surface area (Å²) in [5.41, 5.74) is 0.557. The van der Waals surface area contributed by atoms with E-state index in [2.05, 4.69) is 6.07 Å². The first-order chi connectivity index (χ1) is 9.76. The smallest absolute Gasteiger partial charge is 0.162 e. The van der Waals surface area contributed by atoms with Crippen LogP contribution in [0.5, 0.6) is 11.5 Å². The highest BCUT2D eigenvalue weighted by Crippen LogP contribution is 2.39. The van der Waals surface area contributed by atoms with Gasteiger partial charge in [-0.05, 0) is 36.4 Å². The van der Waals surface area contributed by atoms with Crippen molar-refractivity contribution in [3.05, 3.63) is 47.0 Å². The number of fused-ring (bicyclic) bond motifs is 1. The number of halogens is 1. The Balaban J connectivity index is 1.86. The molecule has 0 spiro atoms. The SMILES string of the molecule is N#Cc1ccc(Sc2ccc3c(c2)OCCO3)c(Cl)c1. The molecular formula is C15H10ClNO2S. The molecule has 0 atom stereocenters. The lowest BCUT2D eigenvalue weighted by Crippen LogP contribution is -2.15. The number of rotatable bonds is 2. The van der Waals surface area contributed by atoms with Gasteiger partial charge >= 0.3 is 0 Å². The van der Waals surface area contributed by atoms with Crippen molar-refractivity contribution in [2.75, 3.05) is 13.2 Å². The average molecular weight is 304 g/mol. The number of nitriles is 1. The molecular weight excluding hydrogens is 294 g/mol. The molecule has 0 saturated carbocycles. The summed E-state index contributed by atoms with van der Waals surface area (Å²) >= 11 is 7.70. The van der Waals surface area contributed by atoms with Gasteiger partial charge in [0.25, 0.3) is 0 Å². The largest absolute Gasteiger partial charge is 0.486 e. The predicted octanol–water partition coefficient (Wildman–Crippen LogP) is 4.13. The van der Waals surface area contributed by atoms with Crippen molar-refractivity contribution in [2.24, 2.45) is 0 Å². The van der Waals surface area contributed by atoms with Crippen LogP contribution in [0.3, 0.4) is 0 Å². The molecule has 3 nitrogen and oxygen atoms in total. The van der Waals surface area contributed by atoms with E-state index >= 15 is 0 Å². The first-order valence-corrected chi connectivity index (χ1v) is 7.23. The highest BCUT2D eigenvalue weighted by atomic mass is 35.5. The highest BCUT2D eigenvalue weighted by Gasteiger charge is 2.13. The van der Waals surface area contributed by atoms with Crippen molar-refractivity contribution in [3.63, 3.8) is 0 Å². The molecule has 3 rings (SSSR count). The molecule has 5 heteroatoms. The van der Waals surface area contributed by atoms with Crippen LogP contribution in [0.15, 0.2) is 46.2 Å². The summed E-state index contributed by atoms with van der Waals surface area (Å²) in [6.45, 7) is 1.15. The molecule has 0 aliphatic carbocycles. The van der Waals surface area contributed by atoms with Crippen LogP contribution in [0, 0.1) is 11.3 Å². The maximum absolute atomic E-state index is 8.83. The van der Waals surface area contributed by atoms with E-state index in [1.165, 1.54) is 11.8 Å². The summed E-state index contributed by atoms with van der Waals surface area (Å²) in [5, 5.41) is 9.40. The summed E-state index contributed by atoms with van der Waals surface area (Å²) in [5.74, 6) is 1.53. The van der Waals surface area contributed by atoms with E-state index in [1.54, 1.807) is 12.1 Å². The summed E-state index contributed by atoms with van der Waals surface area (Å²) in [6, 6.07) is 13.1. The van der Waals surface area contributed by atoms with Gasteiger partial charge in [0.15, 0.2) is 11.5 Å². The third-order valence-electron chi connectivity index (χ3n) is 2.80. The standard InChI is InChI=1S/C15H10ClNO2S/c16-12-7-10(9-17)1-4-15(12)20-11-2-3-13-14(8-11)19-6-5-18-13/h1-4,7-8H,5-6H2. The lowest BCUT2D eigenvalue weighted by atomic mass is 10.2. The topological polar surface area (TPSA) is 42.2 Å². The molecule has 0 aromatic heterocycles. The van der Waals surface area contributed by atoms with Crippen LogP contribution in [0.2, 0.25) is 5.02 Å². The van der Waals surface area contributed by atoms with Gasteiger partial charge in [-0.3, -0.25) is 0 Å².